The lowest BCUT2D eigenvalue weighted by Gasteiger charge is -2.45. The van der Waals surface area contributed by atoms with E-state index in [-0.39, 0.29) is 5.91 Å². The molecule has 0 radical (unpaired) electrons. The molecule has 2 atom stereocenters. The van der Waals surface area contributed by atoms with E-state index in [9.17, 15) is 4.79 Å². The average molecular weight is 422 g/mol. The third-order valence-corrected chi connectivity index (χ3v) is 6.62. The minimum atomic E-state index is 0.116. The number of aryl methyl sites for hydroxylation is 1. The van der Waals surface area contributed by atoms with Crippen LogP contribution in [0.5, 0.6) is 0 Å². The summed E-state index contributed by atoms with van der Waals surface area (Å²) in [6, 6.07) is 19.3. The maximum absolute atomic E-state index is 12.6. The van der Waals surface area contributed by atoms with Crippen LogP contribution in [-0.2, 0) is 16.1 Å². The summed E-state index contributed by atoms with van der Waals surface area (Å²) in [4.78, 5) is 17.8. The molecule has 1 N–H and O–H groups in total. The van der Waals surface area contributed by atoms with E-state index < -0.39 is 0 Å². The van der Waals surface area contributed by atoms with Crippen LogP contribution >= 0.6 is 0 Å². The Morgan fingerprint density at radius 3 is 2.52 bits per heavy atom. The molecule has 0 bridgehead atoms. The molecule has 0 saturated carbocycles. The Morgan fingerprint density at radius 2 is 1.77 bits per heavy atom. The molecule has 4 rings (SSSR count). The summed E-state index contributed by atoms with van der Waals surface area (Å²) in [5.74, 6) is 0.615. The van der Waals surface area contributed by atoms with Crippen LogP contribution in [0.4, 0.5) is 5.69 Å². The lowest BCUT2D eigenvalue weighted by Crippen LogP contribution is -2.53. The number of hydrogen-bond acceptors (Lipinski definition) is 4. The van der Waals surface area contributed by atoms with Gasteiger partial charge >= 0.3 is 0 Å². The summed E-state index contributed by atoms with van der Waals surface area (Å²) < 4.78 is 5.58. The predicted molar refractivity (Wildman–Crippen MR) is 125 cm³/mol. The molecule has 2 saturated heterocycles. The Bertz CT molecular complexity index is 818. The average Bonchev–Trinajstić information content (AvgIpc) is 2.81. The number of anilines is 1. The first-order chi connectivity index (χ1) is 15.2. The van der Waals surface area contributed by atoms with E-state index >= 15 is 0 Å². The van der Waals surface area contributed by atoms with E-state index in [1.807, 2.05) is 24.3 Å². The van der Waals surface area contributed by atoms with Gasteiger partial charge in [-0.2, -0.15) is 0 Å². The minimum absolute atomic E-state index is 0.116. The molecule has 2 aliphatic heterocycles. The molecule has 1 amide bonds. The Balaban J connectivity index is 1.36. The van der Waals surface area contributed by atoms with Crippen molar-refractivity contribution in [3.8, 4) is 0 Å². The molecule has 0 unspecified atom stereocenters. The second kappa shape index (κ2) is 10.9. The molecule has 5 nitrogen and oxygen atoms in total. The monoisotopic (exact) mass is 421 g/mol. The van der Waals surface area contributed by atoms with Crippen molar-refractivity contribution in [1.29, 1.82) is 0 Å². The normalized spacial score (nSPS) is 22.9. The van der Waals surface area contributed by atoms with Crippen LogP contribution in [0.3, 0.4) is 0 Å². The third kappa shape index (κ3) is 6.39. The Kier molecular flexibility index (Phi) is 7.73. The van der Waals surface area contributed by atoms with Gasteiger partial charge in [0.2, 0.25) is 5.91 Å². The van der Waals surface area contributed by atoms with Crippen LogP contribution in [0.25, 0.3) is 0 Å². The van der Waals surface area contributed by atoms with Crippen molar-refractivity contribution in [2.45, 2.75) is 38.8 Å². The largest absolute Gasteiger partial charge is 0.379 e. The Labute approximate surface area is 186 Å². The number of nitrogens with zero attached hydrogens (tertiary/aromatic N) is 2. The van der Waals surface area contributed by atoms with Gasteiger partial charge in [-0.05, 0) is 49.9 Å². The molecule has 166 valence electrons. The quantitative estimate of drug-likeness (QED) is 0.736. The van der Waals surface area contributed by atoms with Crippen LogP contribution < -0.4 is 5.32 Å². The van der Waals surface area contributed by atoms with Crippen LogP contribution in [0.15, 0.2) is 54.6 Å². The number of piperidine rings is 1. The highest BCUT2D eigenvalue weighted by molar-refractivity contribution is 5.90. The molecule has 2 aromatic rings. The Morgan fingerprint density at radius 1 is 1.03 bits per heavy atom. The summed E-state index contributed by atoms with van der Waals surface area (Å²) in [5.41, 5.74) is 3.45. The smallest absolute Gasteiger partial charge is 0.224 e. The molecule has 2 aliphatic rings. The van der Waals surface area contributed by atoms with Gasteiger partial charge in [-0.25, -0.2) is 0 Å². The lowest BCUT2D eigenvalue weighted by atomic mass is 9.86. The highest BCUT2D eigenvalue weighted by Gasteiger charge is 2.34. The molecule has 2 aromatic carbocycles. The van der Waals surface area contributed by atoms with Crippen LogP contribution in [-0.4, -0.2) is 61.1 Å². The van der Waals surface area contributed by atoms with Crippen molar-refractivity contribution in [3.05, 3.63) is 65.7 Å². The van der Waals surface area contributed by atoms with Gasteiger partial charge in [0.05, 0.1) is 13.2 Å². The lowest BCUT2D eigenvalue weighted by molar-refractivity contribution is -0.116. The summed E-state index contributed by atoms with van der Waals surface area (Å²) >= 11 is 0. The zero-order valence-corrected chi connectivity index (χ0v) is 18.6. The fraction of sp³-hybridized carbons (Fsp3) is 0.500. The van der Waals surface area contributed by atoms with Gasteiger partial charge in [-0.3, -0.25) is 14.6 Å². The SMILES string of the molecule is Cc1ccc(NC(=O)CC[C@H]2CN(Cc3ccccc3)CC[C@H]2N2CCOCC2)cc1. The number of morpholine rings is 1. The van der Waals surface area contributed by atoms with Crippen molar-refractivity contribution in [2.24, 2.45) is 5.92 Å². The minimum Gasteiger partial charge on any atom is -0.379 e. The van der Waals surface area contributed by atoms with E-state index in [4.69, 9.17) is 4.74 Å². The van der Waals surface area contributed by atoms with E-state index in [0.29, 0.717) is 18.4 Å². The first-order valence-corrected chi connectivity index (χ1v) is 11.6. The maximum Gasteiger partial charge on any atom is 0.224 e. The number of rotatable bonds is 7. The zero-order valence-electron chi connectivity index (χ0n) is 18.6. The van der Waals surface area contributed by atoms with Crippen molar-refractivity contribution in [2.75, 3.05) is 44.7 Å². The van der Waals surface area contributed by atoms with Gasteiger partial charge in [0.1, 0.15) is 0 Å². The number of amides is 1. The highest BCUT2D eigenvalue weighted by atomic mass is 16.5. The first-order valence-electron chi connectivity index (χ1n) is 11.6. The maximum atomic E-state index is 12.6. The first kappa shape index (κ1) is 22.0. The summed E-state index contributed by atoms with van der Waals surface area (Å²) in [6.45, 7) is 8.88. The molecular weight excluding hydrogens is 386 g/mol. The van der Waals surface area contributed by atoms with Crippen LogP contribution in [0, 0.1) is 12.8 Å². The molecule has 0 aliphatic carbocycles. The zero-order chi connectivity index (χ0) is 21.5. The number of benzene rings is 2. The number of carbonyl (C=O) groups excluding carboxylic acids is 1. The van der Waals surface area contributed by atoms with Gasteiger partial charge in [-0.15, -0.1) is 0 Å². The van der Waals surface area contributed by atoms with Gasteiger partial charge < -0.3 is 10.1 Å². The van der Waals surface area contributed by atoms with Crippen LogP contribution in [0.2, 0.25) is 0 Å². The number of carbonyl (C=O) groups is 1. The number of likely N-dealkylation sites (tertiary alicyclic amines) is 1. The van der Waals surface area contributed by atoms with Gasteiger partial charge in [0.15, 0.2) is 0 Å². The van der Waals surface area contributed by atoms with Crippen molar-refractivity contribution < 1.29 is 9.53 Å². The van der Waals surface area contributed by atoms with E-state index in [2.05, 4.69) is 52.4 Å². The summed E-state index contributed by atoms with van der Waals surface area (Å²) in [5, 5.41) is 3.07. The van der Waals surface area contributed by atoms with Gasteiger partial charge in [0.25, 0.3) is 0 Å². The predicted octanol–water partition coefficient (Wildman–Crippen LogP) is 3.94. The summed E-state index contributed by atoms with van der Waals surface area (Å²) in [7, 11) is 0. The van der Waals surface area contributed by atoms with Crippen molar-refractivity contribution in [1.82, 2.24) is 9.80 Å². The molecule has 2 heterocycles. The topological polar surface area (TPSA) is 44.8 Å². The highest BCUT2D eigenvalue weighted by Crippen LogP contribution is 2.28. The molecule has 31 heavy (non-hydrogen) atoms. The summed E-state index contributed by atoms with van der Waals surface area (Å²) in [6.07, 6.45) is 2.65. The number of ether oxygens (including phenoxy) is 1. The van der Waals surface area contributed by atoms with Gasteiger partial charge in [-0.1, -0.05) is 48.0 Å². The standard InChI is InChI=1S/C26H35N3O2/c1-21-7-10-24(11-8-21)27-26(30)12-9-23-20-28(19-22-5-3-2-4-6-22)14-13-25(23)29-15-17-31-18-16-29/h2-8,10-11,23,25H,9,12-20H2,1H3,(H,27,30)/t23-,25+/m0/s1. The molecular formula is C26H35N3O2. The molecule has 0 spiro atoms. The van der Waals surface area contributed by atoms with Crippen LogP contribution in [0.1, 0.15) is 30.4 Å². The molecule has 0 aromatic heterocycles. The van der Waals surface area contributed by atoms with E-state index in [1.165, 1.54) is 11.1 Å². The second-order valence-corrected chi connectivity index (χ2v) is 8.94. The fourth-order valence-corrected chi connectivity index (χ4v) is 4.93. The van der Waals surface area contributed by atoms with Crippen molar-refractivity contribution in [3.63, 3.8) is 0 Å². The Hall–Kier alpha value is -2.21. The van der Waals surface area contributed by atoms with Crippen molar-refractivity contribution >= 4 is 11.6 Å². The molecule has 5 heteroatoms. The second-order valence-electron chi connectivity index (χ2n) is 8.94. The molecule has 2 fully saturated rings. The third-order valence-electron chi connectivity index (χ3n) is 6.62. The number of nitrogens with one attached hydrogen (secondary N) is 1. The van der Waals surface area contributed by atoms with Gasteiger partial charge in [0, 0.05) is 44.3 Å². The number of hydrogen-bond donors (Lipinski definition) is 1. The van der Waals surface area contributed by atoms with E-state index in [0.717, 1.165) is 64.5 Å². The van der Waals surface area contributed by atoms with E-state index in [1.54, 1.807) is 0 Å². The fourth-order valence-electron chi connectivity index (χ4n) is 4.93.